The van der Waals surface area contributed by atoms with Gasteiger partial charge in [0.1, 0.15) is 11.6 Å². The zero-order chi connectivity index (χ0) is 21.5. The number of anilines is 1. The molecule has 0 bridgehead atoms. The fraction of sp³-hybridized carbons (Fsp3) is 0.120. The largest absolute Gasteiger partial charge is 0.321 e. The van der Waals surface area contributed by atoms with E-state index < -0.39 is 5.91 Å². The average molecular weight is 435 g/mol. The Kier molecular flexibility index (Phi) is 7.30. The molecule has 0 unspecified atom stereocenters. The maximum Gasteiger partial charge on any atom is 0.266 e. The van der Waals surface area contributed by atoms with E-state index in [-0.39, 0.29) is 5.57 Å². The number of nitriles is 1. The molecule has 0 aliphatic heterocycles. The van der Waals surface area contributed by atoms with E-state index in [9.17, 15) is 10.1 Å². The Balaban J connectivity index is 1.80. The summed E-state index contributed by atoms with van der Waals surface area (Å²) in [6.45, 7) is 2.01. The molecule has 0 heterocycles. The molecule has 0 atom stereocenters. The molecule has 0 saturated carbocycles. The van der Waals surface area contributed by atoms with Crippen molar-refractivity contribution in [2.24, 2.45) is 0 Å². The lowest BCUT2D eigenvalue weighted by Crippen LogP contribution is -2.14. The van der Waals surface area contributed by atoms with E-state index in [0.29, 0.717) is 27.7 Å². The van der Waals surface area contributed by atoms with Crippen molar-refractivity contribution in [1.29, 1.82) is 5.26 Å². The third kappa shape index (κ3) is 5.30. The first-order chi connectivity index (χ1) is 14.5. The zero-order valence-electron chi connectivity index (χ0n) is 16.5. The highest BCUT2D eigenvalue weighted by atomic mass is 35.5. The minimum atomic E-state index is -0.449. The highest BCUT2D eigenvalue weighted by Gasteiger charge is 2.12. The van der Waals surface area contributed by atoms with E-state index in [1.807, 2.05) is 73.7 Å². The van der Waals surface area contributed by atoms with Gasteiger partial charge in [0.2, 0.25) is 0 Å². The van der Waals surface area contributed by atoms with E-state index in [1.54, 1.807) is 6.07 Å². The van der Waals surface area contributed by atoms with Gasteiger partial charge in [-0.05, 0) is 52.9 Å². The fourth-order valence-electron chi connectivity index (χ4n) is 3.10. The standard InChI is InChI=1S/C25H20Cl2N2O/c1-2-18-7-4-6-10-24(18)29-25(30)21(16-28)13-17-11-12-20(23(27)14-17)15-19-8-3-5-9-22(19)26/h3-14H,2,15H2,1H3,(H,29,30)/b21-13+. The second kappa shape index (κ2) is 10.1. The Hall–Kier alpha value is -3.06. The lowest BCUT2D eigenvalue weighted by molar-refractivity contribution is -0.112. The summed E-state index contributed by atoms with van der Waals surface area (Å²) in [7, 11) is 0. The van der Waals surface area contributed by atoms with Crippen LogP contribution in [0.3, 0.4) is 0 Å². The number of halogens is 2. The number of amides is 1. The quantitative estimate of drug-likeness (QED) is 0.346. The van der Waals surface area contributed by atoms with Crippen LogP contribution in [0.1, 0.15) is 29.2 Å². The van der Waals surface area contributed by atoms with Crippen molar-refractivity contribution in [2.75, 3.05) is 5.32 Å². The van der Waals surface area contributed by atoms with Gasteiger partial charge in [-0.25, -0.2) is 0 Å². The number of carbonyl (C=O) groups is 1. The van der Waals surface area contributed by atoms with Gasteiger partial charge in [-0.2, -0.15) is 5.26 Å². The van der Waals surface area contributed by atoms with Crippen LogP contribution >= 0.6 is 23.2 Å². The highest BCUT2D eigenvalue weighted by molar-refractivity contribution is 6.32. The van der Waals surface area contributed by atoms with Crippen molar-refractivity contribution in [3.05, 3.63) is 105 Å². The Bertz CT molecular complexity index is 1150. The maximum atomic E-state index is 12.6. The number of nitrogens with one attached hydrogen (secondary N) is 1. The number of rotatable bonds is 6. The van der Waals surface area contributed by atoms with Crippen molar-refractivity contribution in [3.63, 3.8) is 0 Å². The molecular weight excluding hydrogens is 415 g/mol. The molecule has 5 heteroatoms. The number of benzene rings is 3. The fourth-order valence-corrected chi connectivity index (χ4v) is 3.56. The molecule has 3 aromatic rings. The van der Waals surface area contributed by atoms with E-state index in [1.165, 1.54) is 6.08 Å². The van der Waals surface area contributed by atoms with Gasteiger partial charge in [-0.15, -0.1) is 0 Å². The average Bonchev–Trinajstić information content (AvgIpc) is 2.75. The van der Waals surface area contributed by atoms with E-state index in [2.05, 4.69) is 5.32 Å². The van der Waals surface area contributed by atoms with Gasteiger partial charge in [-0.1, -0.05) is 78.7 Å². The molecule has 3 rings (SSSR count). The number of hydrogen-bond donors (Lipinski definition) is 1. The summed E-state index contributed by atoms with van der Waals surface area (Å²) in [4.78, 5) is 12.6. The van der Waals surface area contributed by atoms with Crippen molar-refractivity contribution in [2.45, 2.75) is 19.8 Å². The Labute approximate surface area is 186 Å². The van der Waals surface area contributed by atoms with E-state index >= 15 is 0 Å². The zero-order valence-corrected chi connectivity index (χ0v) is 18.0. The second-order valence-electron chi connectivity index (χ2n) is 6.75. The highest BCUT2D eigenvalue weighted by Crippen LogP contribution is 2.25. The molecule has 0 saturated heterocycles. The number of nitrogens with zero attached hydrogens (tertiary/aromatic N) is 1. The minimum Gasteiger partial charge on any atom is -0.321 e. The minimum absolute atomic E-state index is 0.0100. The predicted octanol–water partition coefficient (Wildman–Crippen LogP) is 6.69. The van der Waals surface area contributed by atoms with Crippen LogP contribution in [0.5, 0.6) is 0 Å². The van der Waals surface area contributed by atoms with Crippen molar-refractivity contribution < 1.29 is 4.79 Å². The lowest BCUT2D eigenvalue weighted by Gasteiger charge is -2.10. The van der Waals surface area contributed by atoms with Gasteiger partial charge >= 0.3 is 0 Å². The third-order valence-corrected chi connectivity index (χ3v) is 5.46. The topological polar surface area (TPSA) is 52.9 Å². The molecule has 150 valence electrons. The Morgan fingerprint density at radius 2 is 1.63 bits per heavy atom. The van der Waals surface area contributed by atoms with Crippen LogP contribution in [0.15, 0.2) is 72.3 Å². The summed E-state index contributed by atoms with van der Waals surface area (Å²) in [5.74, 6) is -0.449. The van der Waals surface area contributed by atoms with Gasteiger partial charge < -0.3 is 5.32 Å². The monoisotopic (exact) mass is 434 g/mol. The maximum absolute atomic E-state index is 12.6. The molecule has 30 heavy (non-hydrogen) atoms. The molecule has 0 aromatic heterocycles. The van der Waals surface area contributed by atoms with Crippen molar-refractivity contribution >= 4 is 40.9 Å². The van der Waals surface area contributed by atoms with Gasteiger partial charge in [0, 0.05) is 22.2 Å². The summed E-state index contributed by atoms with van der Waals surface area (Å²) >= 11 is 12.7. The first-order valence-corrected chi connectivity index (χ1v) is 10.3. The normalized spacial score (nSPS) is 11.1. The van der Waals surface area contributed by atoms with Crippen LogP contribution in [0.25, 0.3) is 6.08 Å². The van der Waals surface area contributed by atoms with Crippen molar-refractivity contribution in [1.82, 2.24) is 0 Å². The summed E-state index contributed by atoms with van der Waals surface area (Å²) in [6, 6.07) is 22.6. The number of para-hydroxylation sites is 1. The Morgan fingerprint density at radius 1 is 0.967 bits per heavy atom. The summed E-state index contributed by atoms with van der Waals surface area (Å²) in [6.07, 6.45) is 2.92. The van der Waals surface area contributed by atoms with Gasteiger partial charge in [0.15, 0.2) is 0 Å². The second-order valence-corrected chi connectivity index (χ2v) is 7.57. The molecular formula is C25H20Cl2N2O. The van der Waals surface area contributed by atoms with Crippen LogP contribution in [0, 0.1) is 11.3 Å². The van der Waals surface area contributed by atoms with Crippen LogP contribution in [-0.2, 0) is 17.6 Å². The van der Waals surface area contributed by atoms with Crippen molar-refractivity contribution in [3.8, 4) is 6.07 Å². The summed E-state index contributed by atoms with van der Waals surface area (Å²) in [5, 5.41) is 13.5. The molecule has 0 fully saturated rings. The molecule has 0 aliphatic carbocycles. The lowest BCUT2D eigenvalue weighted by atomic mass is 10.0. The van der Waals surface area contributed by atoms with Crippen LogP contribution < -0.4 is 5.32 Å². The predicted molar refractivity (Wildman–Crippen MR) is 124 cm³/mol. The summed E-state index contributed by atoms with van der Waals surface area (Å²) in [5.41, 5.74) is 4.31. The van der Waals surface area contributed by atoms with Crippen LogP contribution in [-0.4, -0.2) is 5.91 Å². The molecule has 0 spiro atoms. The third-order valence-electron chi connectivity index (χ3n) is 4.74. The number of aryl methyl sites for hydroxylation is 1. The SMILES string of the molecule is CCc1ccccc1NC(=O)/C(C#N)=C/c1ccc(Cc2ccccc2Cl)c(Cl)c1. The van der Waals surface area contributed by atoms with Crippen LogP contribution in [0.2, 0.25) is 10.0 Å². The van der Waals surface area contributed by atoms with E-state index in [0.717, 1.165) is 23.1 Å². The van der Waals surface area contributed by atoms with E-state index in [4.69, 9.17) is 23.2 Å². The molecule has 3 aromatic carbocycles. The van der Waals surface area contributed by atoms with Gasteiger partial charge in [-0.3, -0.25) is 4.79 Å². The molecule has 1 amide bonds. The first-order valence-electron chi connectivity index (χ1n) is 9.54. The number of carbonyl (C=O) groups excluding carboxylic acids is 1. The Morgan fingerprint density at radius 3 is 2.30 bits per heavy atom. The smallest absolute Gasteiger partial charge is 0.266 e. The molecule has 1 N–H and O–H groups in total. The van der Waals surface area contributed by atoms with Gasteiger partial charge in [0.05, 0.1) is 0 Å². The first kappa shape index (κ1) is 21.6. The van der Waals surface area contributed by atoms with Crippen LogP contribution in [0.4, 0.5) is 5.69 Å². The summed E-state index contributed by atoms with van der Waals surface area (Å²) < 4.78 is 0. The molecule has 3 nitrogen and oxygen atoms in total. The molecule has 0 radical (unpaired) electrons. The molecule has 0 aliphatic rings. The van der Waals surface area contributed by atoms with Gasteiger partial charge in [0.25, 0.3) is 5.91 Å². The number of hydrogen-bond acceptors (Lipinski definition) is 2.